The first kappa shape index (κ1) is 23.4. The molecule has 2 aromatic carbocycles. The monoisotopic (exact) mass is 502 g/mol. The zero-order valence-corrected chi connectivity index (χ0v) is 20.5. The number of rotatable bonds is 4. The van der Waals surface area contributed by atoms with Crippen LogP contribution in [0.25, 0.3) is 11.1 Å². The number of benzene rings is 2. The number of aliphatic imine (C=N–C) groups is 1. The Labute approximate surface area is 213 Å². The Hall–Kier alpha value is -4.01. The van der Waals surface area contributed by atoms with Gasteiger partial charge in [0, 0.05) is 62.5 Å². The molecule has 0 spiro atoms. The molecule has 9 heteroatoms. The molecule has 1 amide bonds. The number of halogens is 2. The highest BCUT2D eigenvalue weighted by molar-refractivity contribution is 6.04. The Balaban J connectivity index is 1.17. The number of H-pyrrole nitrogens is 1. The van der Waals surface area contributed by atoms with E-state index in [1.54, 1.807) is 11.1 Å². The fraction of sp³-hybridized carbons (Fsp3) is 0.321. The molecule has 7 nitrogen and oxygen atoms in total. The van der Waals surface area contributed by atoms with Gasteiger partial charge in [-0.25, -0.2) is 13.8 Å². The summed E-state index contributed by atoms with van der Waals surface area (Å²) in [6.45, 7) is 1.03. The van der Waals surface area contributed by atoms with Crippen molar-refractivity contribution in [3.8, 4) is 11.1 Å². The topological polar surface area (TPSA) is 76.6 Å². The van der Waals surface area contributed by atoms with E-state index >= 15 is 0 Å². The molecule has 3 aromatic rings. The van der Waals surface area contributed by atoms with Gasteiger partial charge in [-0.05, 0) is 52.9 Å². The van der Waals surface area contributed by atoms with Crippen molar-refractivity contribution < 1.29 is 13.6 Å². The van der Waals surface area contributed by atoms with Crippen LogP contribution in [0, 0.1) is 5.92 Å². The first-order valence-electron chi connectivity index (χ1n) is 12.5. The summed E-state index contributed by atoms with van der Waals surface area (Å²) in [4.78, 5) is 21.5. The van der Waals surface area contributed by atoms with E-state index < -0.39 is 11.8 Å². The molecule has 190 valence electrons. The van der Waals surface area contributed by atoms with Gasteiger partial charge < -0.3 is 15.1 Å². The van der Waals surface area contributed by atoms with E-state index in [1.807, 2.05) is 54.7 Å². The fourth-order valence-corrected chi connectivity index (χ4v) is 5.24. The van der Waals surface area contributed by atoms with Gasteiger partial charge in [0.2, 0.25) is 11.8 Å². The van der Waals surface area contributed by atoms with Gasteiger partial charge in [0.1, 0.15) is 12.0 Å². The van der Waals surface area contributed by atoms with Crippen LogP contribution in [0.15, 0.2) is 72.1 Å². The number of nitrogens with one attached hydrogen (secondary N) is 2. The van der Waals surface area contributed by atoms with E-state index in [1.165, 1.54) is 5.56 Å². The second kappa shape index (κ2) is 9.14. The molecule has 2 N–H and O–H groups in total. The molecule has 1 atom stereocenters. The summed E-state index contributed by atoms with van der Waals surface area (Å²) in [7, 11) is 1.98. The summed E-state index contributed by atoms with van der Waals surface area (Å²) in [5.74, 6) is -2.64. The third-order valence-corrected chi connectivity index (χ3v) is 7.40. The minimum atomic E-state index is -2.69. The van der Waals surface area contributed by atoms with E-state index in [-0.39, 0.29) is 24.9 Å². The Morgan fingerprint density at radius 1 is 1.11 bits per heavy atom. The highest BCUT2D eigenvalue weighted by Crippen LogP contribution is 2.43. The molecule has 3 aliphatic rings. The van der Waals surface area contributed by atoms with Gasteiger partial charge >= 0.3 is 0 Å². The molecule has 1 saturated carbocycles. The number of alkyl halides is 2. The van der Waals surface area contributed by atoms with Crippen LogP contribution in [-0.2, 0) is 17.8 Å². The maximum absolute atomic E-state index is 13.3. The number of amides is 1. The first-order chi connectivity index (χ1) is 17.8. The van der Waals surface area contributed by atoms with Crippen molar-refractivity contribution in [2.75, 3.05) is 18.9 Å². The van der Waals surface area contributed by atoms with Crippen LogP contribution in [0.5, 0.6) is 0 Å². The largest absolute Gasteiger partial charge is 0.355 e. The number of nitrogens with zero attached hydrogens (tertiary/aromatic N) is 4. The lowest BCUT2D eigenvalue weighted by Gasteiger charge is -2.39. The first-order valence-corrected chi connectivity index (χ1v) is 12.5. The van der Waals surface area contributed by atoms with Crippen molar-refractivity contribution in [2.24, 2.45) is 10.9 Å². The number of anilines is 1. The van der Waals surface area contributed by atoms with Crippen LogP contribution in [0.2, 0.25) is 0 Å². The second-order valence-corrected chi connectivity index (χ2v) is 10.1. The molecule has 6 rings (SSSR count). The van der Waals surface area contributed by atoms with E-state index in [9.17, 15) is 13.6 Å². The van der Waals surface area contributed by atoms with Gasteiger partial charge in [0.05, 0.1) is 6.20 Å². The SMILES string of the molecule is CN1C=CC(Nc2ccc(-c3cn[nH]c3)cc2)=NC1c1ccc2c(c1)CN(C(=O)C1CC(F)(F)C1)CC2. The smallest absolute Gasteiger partial charge is 0.249 e. The lowest BCUT2D eigenvalue weighted by atomic mass is 9.80. The van der Waals surface area contributed by atoms with Gasteiger partial charge in [-0.1, -0.05) is 24.3 Å². The fourth-order valence-electron chi connectivity index (χ4n) is 5.24. The third kappa shape index (κ3) is 4.73. The molecule has 37 heavy (non-hydrogen) atoms. The molecule has 0 saturated heterocycles. The standard InChI is InChI=1S/C28H28F2N6O/c1-35-10-9-25(33-24-6-4-18(5-7-24)23-15-31-32-16-23)34-26(35)20-3-2-19-8-11-36(17-21(19)12-20)27(37)22-13-28(29,30)14-22/h2-7,9-10,12,15-16,22,26H,8,11,13-14,17H2,1H3,(H,31,32)(H,33,34). The Morgan fingerprint density at radius 2 is 1.92 bits per heavy atom. The van der Waals surface area contributed by atoms with Crippen molar-refractivity contribution >= 4 is 17.4 Å². The quantitative estimate of drug-likeness (QED) is 0.528. The summed E-state index contributed by atoms with van der Waals surface area (Å²) in [6.07, 6.45) is 7.43. The summed E-state index contributed by atoms with van der Waals surface area (Å²) < 4.78 is 26.6. The number of carbonyl (C=O) groups is 1. The van der Waals surface area contributed by atoms with E-state index in [2.05, 4.69) is 33.7 Å². The van der Waals surface area contributed by atoms with E-state index in [4.69, 9.17) is 4.99 Å². The third-order valence-electron chi connectivity index (χ3n) is 7.40. The Kier molecular flexibility index (Phi) is 5.78. The molecule has 1 unspecified atom stereocenters. The predicted molar refractivity (Wildman–Crippen MR) is 138 cm³/mol. The van der Waals surface area contributed by atoms with Gasteiger partial charge in [0.25, 0.3) is 0 Å². The summed E-state index contributed by atoms with van der Waals surface area (Å²) >= 11 is 0. The van der Waals surface area contributed by atoms with Crippen molar-refractivity contribution in [1.82, 2.24) is 20.0 Å². The van der Waals surface area contributed by atoms with Crippen LogP contribution < -0.4 is 5.32 Å². The number of aromatic nitrogens is 2. The Bertz CT molecular complexity index is 1360. The molecular formula is C28H28F2N6O. The minimum absolute atomic E-state index is 0.150. The second-order valence-electron chi connectivity index (χ2n) is 10.1. The summed E-state index contributed by atoms with van der Waals surface area (Å²) in [5, 5.41) is 10.2. The van der Waals surface area contributed by atoms with Gasteiger partial charge in [-0.15, -0.1) is 0 Å². The molecule has 0 radical (unpaired) electrons. The number of amidine groups is 1. The maximum Gasteiger partial charge on any atom is 0.249 e. The van der Waals surface area contributed by atoms with Crippen LogP contribution in [0.4, 0.5) is 14.5 Å². The van der Waals surface area contributed by atoms with Crippen LogP contribution in [0.1, 0.15) is 35.7 Å². The average Bonchev–Trinajstić information content (AvgIpc) is 3.43. The van der Waals surface area contributed by atoms with E-state index in [0.717, 1.165) is 40.2 Å². The van der Waals surface area contributed by atoms with Crippen molar-refractivity contribution in [3.05, 3.63) is 83.8 Å². The number of aromatic amines is 1. The average molecular weight is 503 g/mol. The molecule has 1 fully saturated rings. The van der Waals surface area contributed by atoms with Gasteiger partial charge in [-0.2, -0.15) is 5.10 Å². The lowest BCUT2D eigenvalue weighted by Crippen LogP contribution is -2.48. The highest BCUT2D eigenvalue weighted by Gasteiger charge is 2.49. The van der Waals surface area contributed by atoms with Crippen LogP contribution in [-0.4, -0.2) is 51.3 Å². The molecule has 3 heterocycles. The zero-order chi connectivity index (χ0) is 25.6. The van der Waals surface area contributed by atoms with Crippen molar-refractivity contribution in [3.63, 3.8) is 0 Å². The number of fused-ring (bicyclic) bond motifs is 1. The molecule has 2 aliphatic heterocycles. The van der Waals surface area contributed by atoms with Crippen LogP contribution >= 0.6 is 0 Å². The molecule has 1 aromatic heterocycles. The molecular weight excluding hydrogens is 474 g/mol. The summed E-state index contributed by atoms with van der Waals surface area (Å²) in [5.41, 5.74) is 6.31. The van der Waals surface area contributed by atoms with Crippen LogP contribution in [0.3, 0.4) is 0 Å². The lowest BCUT2D eigenvalue weighted by molar-refractivity contribution is -0.160. The summed E-state index contributed by atoms with van der Waals surface area (Å²) in [6, 6.07) is 14.4. The molecule has 1 aliphatic carbocycles. The number of hydrogen-bond donors (Lipinski definition) is 2. The van der Waals surface area contributed by atoms with Crippen molar-refractivity contribution in [2.45, 2.75) is 37.9 Å². The number of hydrogen-bond acceptors (Lipinski definition) is 5. The Morgan fingerprint density at radius 3 is 2.65 bits per heavy atom. The maximum atomic E-state index is 13.3. The molecule has 0 bridgehead atoms. The normalized spacial score (nSPS) is 20.7. The van der Waals surface area contributed by atoms with Crippen molar-refractivity contribution in [1.29, 1.82) is 0 Å². The zero-order valence-electron chi connectivity index (χ0n) is 20.5. The van der Waals surface area contributed by atoms with Gasteiger partial charge in [0.15, 0.2) is 0 Å². The van der Waals surface area contributed by atoms with E-state index in [0.29, 0.717) is 13.1 Å². The predicted octanol–water partition coefficient (Wildman–Crippen LogP) is 4.98. The highest BCUT2D eigenvalue weighted by atomic mass is 19.3. The van der Waals surface area contributed by atoms with Gasteiger partial charge in [-0.3, -0.25) is 9.89 Å². The number of carbonyl (C=O) groups excluding carboxylic acids is 1. The minimum Gasteiger partial charge on any atom is -0.355 e.